The molecule has 0 saturated carbocycles. The van der Waals surface area contributed by atoms with Crippen LogP contribution in [0, 0.1) is 0 Å². The lowest BCUT2D eigenvalue weighted by molar-refractivity contribution is -0.126. The second kappa shape index (κ2) is 8.50. The summed E-state index contributed by atoms with van der Waals surface area (Å²) in [4.78, 5) is 19.3. The first-order valence-corrected chi connectivity index (χ1v) is 10.3. The first-order chi connectivity index (χ1) is 12.2. The van der Waals surface area contributed by atoms with E-state index in [2.05, 4.69) is 30.3 Å². The second-order valence-electron chi connectivity index (χ2n) is 5.90. The van der Waals surface area contributed by atoms with Crippen LogP contribution in [0.3, 0.4) is 0 Å². The summed E-state index contributed by atoms with van der Waals surface area (Å²) in [6, 6.07) is 0. The van der Waals surface area contributed by atoms with Crippen LogP contribution in [0.4, 0.5) is 0 Å². The molecular formula is C20H22N2OS2. The summed E-state index contributed by atoms with van der Waals surface area (Å²) in [5.74, 6) is 0.585. The molecule has 0 aromatic carbocycles. The van der Waals surface area contributed by atoms with Gasteiger partial charge >= 0.3 is 0 Å². The van der Waals surface area contributed by atoms with Crippen molar-refractivity contribution in [2.45, 2.75) is 30.0 Å². The number of hydrogen-bond donors (Lipinski definition) is 0. The number of hydrogen-bond acceptors (Lipinski definition) is 4. The minimum absolute atomic E-state index is 0.169. The molecule has 3 rings (SSSR count). The predicted molar refractivity (Wildman–Crippen MR) is 108 cm³/mol. The lowest BCUT2D eigenvalue weighted by Gasteiger charge is -2.32. The Morgan fingerprint density at radius 3 is 2.96 bits per heavy atom. The van der Waals surface area contributed by atoms with E-state index in [0.717, 1.165) is 52.1 Å². The van der Waals surface area contributed by atoms with Crippen LogP contribution in [0.2, 0.25) is 0 Å². The molecule has 3 nitrogen and oxygen atoms in total. The highest BCUT2D eigenvalue weighted by molar-refractivity contribution is 8.01. The lowest BCUT2D eigenvalue weighted by atomic mass is 9.94. The van der Waals surface area contributed by atoms with Crippen molar-refractivity contribution in [3.8, 4) is 0 Å². The van der Waals surface area contributed by atoms with Gasteiger partial charge in [-0.2, -0.15) is 0 Å². The summed E-state index contributed by atoms with van der Waals surface area (Å²) in [5, 5.41) is 0.882. The average molecular weight is 371 g/mol. The van der Waals surface area contributed by atoms with Crippen molar-refractivity contribution in [3.05, 3.63) is 58.6 Å². The molecule has 0 N–H and O–H groups in total. The Hall–Kier alpha value is -1.85. The average Bonchev–Trinajstić information content (AvgIpc) is 3.01. The van der Waals surface area contributed by atoms with Crippen molar-refractivity contribution in [2.24, 2.45) is 0 Å². The van der Waals surface area contributed by atoms with Crippen LogP contribution < -0.4 is 9.88 Å². The van der Waals surface area contributed by atoms with Gasteiger partial charge in [-0.05, 0) is 49.5 Å². The van der Waals surface area contributed by atoms with Crippen LogP contribution in [-0.4, -0.2) is 28.1 Å². The molecule has 2 aliphatic rings. The number of thioether (sulfide) groups is 1. The molecular weight excluding hydrogens is 348 g/mol. The third-order valence-corrected chi connectivity index (χ3v) is 6.39. The molecule has 1 amide bonds. The van der Waals surface area contributed by atoms with E-state index in [-0.39, 0.29) is 5.91 Å². The summed E-state index contributed by atoms with van der Waals surface area (Å²) < 4.78 is 1.95. The first kappa shape index (κ1) is 18.0. The lowest BCUT2D eigenvalue weighted by Crippen LogP contribution is -2.35. The van der Waals surface area contributed by atoms with E-state index in [1.54, 1.807) is 23.5 Å². The maximum absolute atomic E-state index is 12.7. The van der Waals surface area contributed by atoms with Crippen LogP contribution >= 0.6 is 23.1 Å². The molecule has 130 valence electrons. The zero-order valence-corrected chi connectivity index (χ0v) is 15.9. The number of carbonyl (C=O) groups is 1. The highest BCUT2D eigenvalue weighted by atomic mass is 32.2. The van der Waals surface area contributed by atoms with Gasteiger partial charge in [0.25, 0.3) is 0 Å². The number of rotatable bonds is 5. The monoisotopic (exact) mass is 370 g/mol. The van der Waals surface area contributed by atoms with Gasteiger partial charge in [-0.1, -0.05) is 43.1 Å². The number of allylic oxidation sites excluding steroid dienone is 5. The van der Waals surface area contributed by atoms with Crippen LogP contribution in [0.5, 0.6) is 0 Å². The molecule has 1 aliphatic carbocycles. The minimum atomic E-state index is 0.169. The number of nitrogens with zero attached hydrogens (tertiary/aromatic N) is 2. The Morgan fingerprint density at radius 2 is 2.16 bits per heavy atom. The maximum Gasteiger partial charge on any atom is 0.237 e. The molecule has 0 fully saturated rings. The van der Waals surface area contributed by atoms with Gasteiger partial charge in [0.05, 0.1) is 15.6 Å². The van der Waals surface area contributed by atoms with Gasteiger partial charge in [-0.15, -0.1) is 11.3 Å². The fourth-order valence-corrected chi connectivity index (χ4v) is 5.07. The summed E-state index contributed by atoms with van der Waals surface area (Å²) >= 11 is 3.09. The summed E-state index contributed by atoms with van der Waals surface area (Å²) in [5.41, 5.74) is 2.58. The van der Waals surface area contributed by atoms with Gasteiger partial charge < -0.3 is 4.90 Å². The largest absolute Gasteiger partial charge is 0.312 e. The molecule has 1 aromatic rings. The normalized spacial score (nSPS) is 18.5. The molecule has 5 heteroatoms. The molecule has 0 saturated heterocycles. The van der Waals surface area contributed by atoms with Gasteiger partial charge in [0.15, 0.2) is 4.34 Å². The third kappa shape index (κ3) is 4.22. The molecule has 1 aliphatic heterocycles. The van der Waals surface area contributed by atoms with Crippen molar-refractivity contribution < 1.29 is 4.79 Å². The van der Waals surface area contributed by atoms with Crippen molar-refractivity contribution >= 4 is 41.2 Å². The Bertz CT molecular complexity index is 823. The summed E-state index contributed by atoms with van der Waals surface area (Å²) in [6.07, 6.45) is 16.0. The van der Waals surface area contributed by atoms with Crippen LogP contribution in [0.25, 0.3) is 12.2 Å². The Kier molecular flexibility index (Phi) is 6.10. The minimum Gasteiger partial charge on any atom is -0.312 e. The summed E-state index contributed by atoms with van der Waals surface area (Å²) in [7, 11) is 0. The van der Waals surface area contributed by atoms with E-state index in [0.29, 0.717) is 5.75 Å². The van der Waals surface area contributed by atoms with E-state index in [4.69, 9.17) is 0 Å². The van der Waals surface area contributed by atoms with Gasteiger partial charge in [-0.3, -0.25) is 4.79 Å². The number of thiazole rings is 1. The van der Waals surface area contributed by atoms with E-state index in [1.165, 1.54) is 17.3 Å². The Labute approximate surface area is 156 Å². The van der Waals surface area contributed by atoms with Gasteiger partial charge in [-0.25, -0.2) is 4.98 Å². The molecule has 2 heterocycles. The molecule has 0 spiro atoms. The molecule has 0 radical (unpaired) electrons. The van der Waals surface area contributed by atoms with Crippen LogP contribution in [0.15, 0.2) is 53.1 Å². The smallest absolute Gasteiger partial charge is 0.237 e. The zero-order valence-electron chi connectivity index (χ0n) is 14.2. The second-order valence-corrected chi connectivity index (χ2v) is 8.15. The number of amides is 1. The molecule has 0 atom stereocenters. The highest BCUT2D eigenvalue weighted by Gasteiger charge is 2.24. The van der Waals surface area contributed by atoms with Gasteiger partial charge in [0.1, 0.15) is 0 Å². The third-order valence-electron chi connectivity index (χ3n) is 4.23. The van der Waals surface area contributed by atoms with Crippen molar-refractivity contribution in [1.29, 1.82) is 0 Å². The number of carbonyl (C=O) groups excluding carboxylic acids is 1. The van der Waals surface area contributed by atoms with Gasteiger partial charge in [0, 0.05) is 12.2 Å². The SMILES string of the molecule is C=C/C=c1/nc(SCC(=O)N2CCCC3=C2C=CCC3)s/c1=C/C=C. The van der Waals surface area contributed by atoms with E-state index in [9.17, 15) is 4.79 Å². The van der Waals surface area contributed by atoms with E-state index >= 15 is 0 Å². The molecule has 0 unspecified atom stereocenters. The number of aromatic nitrogens is 1. The Balaban J connectivity index is 1.73. The Morgan fingerprint density at radius 1 is 1.32 bits per heavy atom. The van der Waals surface area contributed by atoms with E-state index < -0.39 is 0 Å². The van der Waals surface area contributed by atoms with E-state index in [1.807, 2.05) is 17.1 Å². The van der Waals surface area contributed by atoms with Crippen LogP contribution in [-0.2, 0) is 4.79 Å². The first-order valence-electron chi connectivity index (χ1n) is 8.47. The summed E-state index contributed by atoms with van der Waals surface area (Å²) in [6.45, 7) is 8.30. The topological polar surface area (TPSA) is 33.2 Å². The van der Waals surface area contributed by atoms with Gasteiger partial charge in [0.2, 0.25) is 5.91 Å². The predicted octanol–water partition coefficient (Wildman–Crippen LogP) is 3.39. The maximum atomic E-state index is 12.7. The van der Waals surface area contributed by atoms with Crippen molar-refractivity contribution in [3.63, 3.8) is 0 Å². The molecule has 25 heavy (non-hydrogen) atoms. The highest BCUT2D eigenvalue weighted by Crippen LogP contribution is 2.31. The zero-order chi connectivity index (χ0) is 17.6. The fraction of sp³-hybridized carbons (Fsp3) is 0.300. The molecule has 0 bridgehead atoms. The fourth-order valence-electron chi connectivity index (χ4n) is 3.11. The van der Waals surface area contributed by atoms with Crippen molar-refractivity contribution in [1.82, 2.24) is 9.88 Å². The van der Waals surface area contributed by atoms with Crippen molar-refractivity contribution in [2.75, 3.05) is 12.3 Å². The standard InChI is InChI=1S/C20H22N2OS2/c1-3-8-16-18(9-4-2)25-20(21-16)24-14-19(23)22-13-7-11-15-10-5-6-12-17(15)22/h3-4,6,8-9,12H,1-2,5,7,10-11,13-14H2/b16-8+,18-9+. The van der Waals surface area contributed by atoms with Crippen LogP contribution in [0.1, 0.15) is 25.7 Å². The quantitative estimate of drug-likeness (QED) is 0.745. The molecule has 1 aromatic heterocycles.